The second kappa shape index (κ2) is 11.3. The Labute approximate surface area is 108 Å². The molecule has 0 aromatic rings. The Morgan fingerprint density at radius 3 is 1.89 bits per heavy atom. The molecule has 0 saturated heterocycles. The molecule has 0 saturated carbocycles. The Bertz CT molecular complexity index is 414. The van der Waals surface area contributed by atoms with Crippen LogP contribution in [-0.4, -0.2) is 37.1 Å². The molecule has 0 atom stereocenters. The van der Waals surface area contributed by atoms with Crippen molar-refractivity contribution in [2.75, 3.05) is 5.75 Å². The third-order valence-electron chi connectivity index (χ3n) is 1.92. The van der Waals surface area contributed by atoms with E-state index in [4.69, 9.17) is 17.2 Å². The second-order valence-electron chi connectivity index (χ2n) is 3.59. The summed E-state index contributed by atoms with van der Waals surface area (Å²) in [7, 11) is -6.96. The molecule has 0 spiro atoms. The average Bonchev–Trinajstić information content (AvgIpc) is 2.19. The maximum Gasteiger partial charge on any atom is 0.425 e. The summed E-state index contributed by atoms with van der Waals surface area (Å²) >= 11 is 0. The van der Waals surface area contributed by atoms with Gasteiger partial charge in [-0.1, -0.05) is 13.3 Å². The van der Waals surface area contributed by atoms with E-state index < -0.39 is 20.7 Å². The van der Waals surface area contributed by atoms with Crippen LogP contribution in [0.5, 0.6) is 0 Å². The van der Waals surface area contributed by atoms with Gasteiger partial charge in [0, 0.05) is 12.8 Å². The first-order valence-corrected chi connectivity index (χ1v) is 8.03. The number of rotatable bonds is 8. The van der Waals surface area contributed by atoms with E-state index in [1.807, 2.05) is 6.92 Å². The van der Waals surface area contributed by atoms with Gasteiger partial charge in [0.05, 0.1) is 5.75 Å². The van der Waals surface area contributed by atoms with Crippen LogP contribution < -0.4 is 0 Å². The molecule has 0 aromatic heterocycles. The fraction of sp³-hybridized carbons (Fsp3) is 0.889. The third kappa shape index (κ3) is 24.4. The third-order valence-corrected chi connectivity index (χ3v) is 2.72. The van der Waals surface area contributed by atoms with Gasteiger partial charge in [-0.3, -0.25) is 9.35 Å². The molecule has 108 valence electrons. The standard InChI is InChI=1S/C9H18O4S.O3S/c1-2-3-6-9(10)7-4-5-8-14(11,12)13;1-4(2)3/h2-8H2,1H3,(H,11,12,13);. The fourth-order valence-electron chi connectivity index (χ4n) is 1.11. The molecule has 9 heteroatoms. The Balaban J connectivity index is 0. The summed E-state index contributed by atoms with van der Waals surface area (Å²) in [6, 6.07) is 0. The van der Waals surface area contributed by atoms with Crippen LogP contribution in [0.1, 0.15) is 45.4 Å². The normalized spacial score (nSPS) is 10.3. The molecule has 0 aliphatic rings. The van der Waals surface area contributed by atoms with Crippen molar-refractivity contribution in [3.05, 3.63) is 0 Å². The topological polar surface area (TPSA) is 123 Å². The largest absolute Gasteiger partial charge is 0.425 e. The van der Waals surface area contributed by atoms with Crippen molar-refractivity contribution in [3.63, 3.8) is 0 Å². The number of Topliss-reactive ketones (excluding diaryl/α,β-unsaturated/α-hetero) is 1. The summed E-state index contributed by atoms with van der Waals surface area (Å²) in [5.74, 6) is -0.0594. The van der Waals surface area contributed by atoms with E-state index in [0.29, 0.717) is 25.7 Å². The maximum atomic E-state index is 11.1. The molecule has 7 nitrogen and oxygen atoms in total. The quantitative estimate of drug-likeness (QED) is 0.519. The number of ketones is 1. The van der Waals surface area contributed by atoms with Gasteiger partial charge < -0.3 is 0 Å². The van der Waals surface area contributed by atoms with Crippen molar-refractivity contribution in [2.45, 2.75) is 45.4 Å². The number of carbonyl (C=O) groups excluding carboxylic acids is 1. The zero-order valence-corrected chi connectivity index (χ0v) is 11.8. The van der Waals surface area contributed by atoms with Gasteiger partial charge in [-0.25, -0.2) is 0 Å². The highest BCUT2D eigenvalue weighted by atomic mass is 32.2. The smallest absolute Gasteiger partial charge is 0.300 e. The summed E-state index contributed by atoms with van der Waals surface area (Å²) in [5.41, 5.74) is 0. The molecule has 0 unspecified atom stereocenters. The van der Waals surface area contributed by atoms with Gasteiger partial charge >= 0.3 is 10.6 Å². The molecular weight excluding hydrogens is 284 g/mol. The van der Waals surface area contributed by atoms with Crippen LogP contribution in [0, 0.1) is 0 Å². The van der Waals surface area contributed by atoms with Crippen molar-refractivity contribution < 1.29 is 30.4 Å². The predicted octanol–water partition coefficient (Wildman–Crippen LogP) is 0.800. The minimum atomic E-state index is -3.85. The van der Waals surface area contributed by atoms with Crippen LogP contribution in [0.15, 0.2) is 0 Å². The van der Waals surface area contributed by atoms with E-state index in [0.717, 1.165) is 12.8 Å². The lowest BCUT2D eigenvalue weighted by Gasteiger charge is -1.99. The van der Waals surface area contributed by atoms with Gasteiger partial charge in [-0.2, -0.15) is 8.42 Å². The highest BCUT2D eigenvalue weighted by Crippen LogP contribution is 2.04. The molecule has 18 heavy (non-hydrogen) atoms. The molecule has 0 aromatic carbocycles. The summed E-state index contributed by atoms with van der Waals surface area (Å²) in [6.45, 7) is 2.02. The van der Waals surface area contributed by atoms with Gasteiger partial charge in [0.15, 0.2) is 0 Å². The van der Waals surface area contributed by atoms with E-state index in [2.05, 4.69) is 0 Å². The predicted molar refractivity (Wildman–Crippen MR) is 64.5 cm³/mol. The molecular formula is C9H18O7S2. The Kier molecular flexibility index (Phi) is 12.3. The van der Waals surface area contributed by atoms with Gasteiger partial charge in [-0.15, -0.1) is 12.6 Å². The summed E-state index contributed by atoms with van der Waals surface area (Å²) < 4.78 is 54.4. The lowest BCUT2D eigenvalue weighted by molar-refractivity contribution is -0.119. The van der Waals surface area contributed by atoms with Crippen molar-refractivity contribution in [1.29, 1.82) is 0 Å². The molecule has 0 aliphatic heterocycles. The van der Waals surface area contributed by atoms with Gasteiger partial charge in [0.1, 0.15) is 5.78 Å². The lowest BCUT2D eigenvalue weighted by atomic mass is 10.1. The van der Waals surface area contributed by atoms with Crippen LogP contribution in [0.4, 0.5) is 0 Å². The van der Waals surface area contributed by atoms with Gasteiger partial charge in [0.2, 0.25) is 0 Å². The molecule has 0 bridgehead atoms. The molecule has 0 rings (SSSR count). The van der Waals surface area contributed by atoms with Crippen LogP contribution in [0.2, 0.25) is 0 Å². The van der Waals surface area contributed by atoms with Crippen molar-refractivity contribution >= 4 is 26.5 Å². The first kappa shape index (κ1) is 19.5. The van der Waals surface area contributed by atoms with Crippen LogP contribution in [0.25, 0.3) is 0 Å². The number of hydrogen-bond donors (Lipinski definition) is 1. The second-order valence-corrected chi connectivity index (χ2v) is 5.57. The monoisotopic (exact) mass is 302 g/mol. The van der Waals surface area contributed by atoms with Crippen molar-refractivity contribution in [3.8, 4) is 0 Å². The summed E-state index contributed by atoms with van der Waals surface area (Å²) in [6.07, 6.45) is 3.81. The number of carbonyl (C=O) groups is 1. The number of hydrogen-bond acceptors (Lipinski definition) is 6. The molecule has 0 fully saturated rings. The molecule has 0 heterocycles. The molecule has 0 radical (unpaired) electrons. The van der Waals surface area contributed by atoms with E-state index >= 15 is 0 Å². The van der Waals surface area contributed by atoms with E-state index in [1.54, 1.807) is 0 Å². The first-order chi connectivity index (χ1) is 8.19. The summed E-state index contributed by atoms with van der Waals surface area (Å²) in [5, 5.41) is 0. The molecule has 1 N–H and O–H groups in total. The van der Waals surface area contributed by atoms with Crippen LogP contribution >= 0.6 is 0 Å². The molecule has 0 amide bonds. The van der Waals surface area contributed by atoms with Crippen LogP contribution in [-0.2, 0) is 25.5 Å². The minimum absolute atomic E-state index is 0.183. The van der Waals surface area contributed by atoms with Crippen molar-refractivity contribution in [2.24, 2.45) is 0 Å². The zero-order chi connectivity index (χ0) is 14.6. The first-order valence-electron chi connectivity index (χ1n) is 5.42. The highest BCUT2D eigenvalue weighted by Gasteiger charge is 2.05. The van der Waals surface area contributed by atoms with E-state index in [1.165, 1.54) is 0 Å². The Hall–Kier alpha value is -0.800. The lowest BCUT2D eigenvalue weighted by Crippen LogP contribution is -2.05. The van der Waals surface area contributed by atoms with Crippen molar-refractivity contribution in [1.82, 2.24) is 0 Å². The molecule has 0 aliphatic carbocycles. The summed E-state index contributed by atoms with van der Waals surface area (Å²) in [4.78, 5) is 11.1. The Morgan fingerprint density at radius 2 is 1.50 bits per heavy atom. The van der Waals surface area contributed by atoms with Gasteiger partial charge in [-0.05, 0) is 19.3 Å². The Morgan fingerprint density at radius 1 is 1.06 bits per heavy atom. The van der Waals surface area contributed by atoms with Crippen LogP contribution in [0.3, 0.4) is 0 Å². The van der Waals surface area contributed by atoms with Gasteiger partial charge in [0.25, 0.3) is 10.1 Å². The maximum absolute atomic E-state index is 11.1. The highest BCUT2D eigenvalue weighted by molar-refractivity contribution is 7.85. The minimum Gasteiger partial charge on any atom is -0.300 e. The zero-order valence-electron chi connectivity index (χ0n) is 10.2. The van der Waals surface area contributed by atoms with E-state index in [-0.39, 0.29) is 11.5 Å². The SMILES string of the molecule is CCCCC(=O)CCCCS(=O)(=O)O.O=S(=O)=O. The average molecular weight is 302 g/mol. The number of unbranched alkanes of at least 4 members (excludes halogenated alkanes) is 2. The fourth-order valence-corrected chi connectivity index (χ4v) is 1.67. The van der Waals surface area contributed by atoms with E-state index in [9.17, 15) is 13.2 Å².